The number of hydrogen-bond acceptors (Lipinski definition) is 4. The van der Waals surface area contributed by atoms with Gasteiger partial charge in [0.05, 0.1) is 16.9 Å². The van der Waals surface area contributed by atoms with Gasteiger partial charge >= 0.3 is 5.69 Å². The topological polar surface area (TPSA) is 83.7 Å². The van der Waals surface area contributed by atoms with E-state index >= 15 is 0 Å². The van der Waals surface area contributed by atoms with Crippen LogP contribution in [0.4, 0.5) is 10.1 Å². The van der Waals surface area contributed by atoms with Gasteiger partial charge in [0.25, 0.3) is 5.56 Å². The Kier molecular flexibility index (Phi) is 7.26. The third kappa shape index (κ3) is 5.09. The minimum absolute atomic E-state index is 0.227. The minimum Gasteiger partial charge on any atom is -0.340 e. The number of anilines is 1. The summed E-state index contributed by atoms with van der Waals surface area (Å²) in [6.45, 7) is 11.0. The van der Waals surface area contributed by atoms with E-state index in [9.17, 15) is 14.0 Å². The molecule has 2 heterocycles. The number of nitrogens with zero attached hydrogens (tertiary/aromatic N) is 4. The highest BCUT2D eigenvalue weighted by molar-refractivity contribution is 5.96. The molecule has 1 saturated heterocycles. The standard InChI is InChI=1S/C32H41FN6O2/c1-20-26-17-22(32(26,2)3)18-27(20)36-30(38-15-12-34-13-16-38)35-24-9-10-25-28(19-24)37(4)31(41)39(29(25)40)14-11-21-5-7-23(33)8-6-21/h5-10,19-20,22,26-27,34H,11-18H2,1-4H3,(H,35,36)/t20-,22+,26-,27?/m0/s1. The van der Waals surface area contributed by atoms with Crippen molar-refractivity contribution in [1.29, 1.82) is 0 Å². The van der Waals surface area contributed by atoms with E-state index in [0.29, 0.717) is 34.6 Å². The summed E-state index contributed by atoms with van der Waals surface area (Å²) in [6, 6.07) is 12.0. The highest BCUT2D eigenvalue weighted by Crippen LogP contribution is 2.61. The Bertz CT molecular complexity index is 1580. The second-order valence-corrected chi connectivity index (χ2v) is 12.7. The molecule has 3 aliphatic carbocycles. The highest BCUT2D eigenvalue weighted by Gasteiger charge is 2.56. The van der Waals surface area contributed by atoms with Crippen molar-refractivity contribution in [2.45, 2.75) is 52.6 Å². The minimum atomic E-state index is -0.365. The van der Waals surface area contributed by atoms with Gasteiger partial charge in [0.15, 0.2) is 5.96 Å². The smallest absolute Gasteiger partial charge is 0.331 e. The molecule has 2 aromatic carbocycles. The van der Waals surface area contributed by atoms with E-state index in [-0.39, 0.29) is 29.7 Å². The lowest BCUT2D eigenvalue weighted by Gasteiger charge is -2.61. The summed E-state index contributed by atoms with van der Waals surface area (Å²) in [6.07, 6.45) is 2.89. The zero-order chi connectivity index (χ0) is 28.9. The maximum absolute atomic E-state index is 13.4. The second kappa shape index (κ2) is 10.7. The number of rotatable bonds is 5. The van der Waals surface area contributed by atoms with Crippen molar-refractivity contribution in [2.24, 2.45) is 35.2 Å². The molecular weight excluding hydrogens is 519 g/mol. The summed E-state index contributed by atoms with van der Waals surface area (Å²) in [5.74, 6) is 2.53. The number of fused-ring (bicyclic) bond motifs is 3. The van der Waals surface area contributed by atoms with Gasteiger partial charge in [0, 0.05) is 45.5 Å². The van der Waals surface area contributed by atoms with Crippen LogP contribution in [0, 0.1) is 29.0 Å². The Morgan fingerprint density at radius 2 is 1.83 bits per heavy atom. The third-order valence-corrected chi connectivity index (χ3v) is 10.2. The van der Waals surface area contributed by atoms with Crippen molar-refractivity contribution in [2.75, 3.05) is 31.5 Å². The fraction of sp³-hybridized carbons (Fsp3) is 0.531. The van der Waals surface area contributed by atoms with E-state index in [0.717, 1.165) is 55.7 Å². The van der Waals surface area contributed by atoms with Gasteiger partial charge in [0.2, 0.25) is 0 Å². The maximum Gasteiger partial charge on any atom is 0.331 e. The number of benzene rings is 2. The molecule has 41 heavy (non-hydrogen) atoms. The molecule has 0 amide bonds. The predicted octanol–water partition coefficient (Wildman–Crippen LogP) is 3.83. The molecule has 0 spiro atoms. The summed E-state index contributed by atoms with van der Waals surface area (Å²) >= 11 is 0. The molecule has 2 bridgehead atoms. The van der Waals surface area contributed by atoms with Crippen molar-refractivity contribution < 1.29 is 4.39 Å². The molecule has 8 nitrogen and oxygen atoms in total. The first-order valence-corrected chi connectivity index (χ1v) is 14.9. The maximum atomic E-state index is 13.4. The molecule has 4 atom stereocenters. The fourth-order valence-electron chi connectivity index (χ4n) is 7.32. The van der Waals surface area contributed by atoms with E-state index in [1.165, 1.54) is 27.7 Å². The van der Waals surface area contributed by atoms with E-state index in [1.807, 2.05) is 12.1 Å². The Morgan fingerprint density at radius 3 is 2.51 bits per heavy atom. The summed E-state index contributed by atoms with van der Waals surface area (Å²) in [5.41, 5.74) is 1.98. The van der Waals surface area contributed by atoms with Gasteiger partial charge in [-0.2, -0.15) is 0 Å². The summed E-state index contributed by atoms with van der Waals surface area (Å²) < 4.78 is 16.1. The van der Waals surface area contributed by atoms with E-state index in [1.54, 1.807) is 25.2 Å². The number of piperazine rings is 1. The third-order valence-electron chi connectivity index (χ3n) is 10.2. The Hall–Kier alpha value is -3.46. The Labute approximate surface area is 240 Å². The molecule has 1 aromatic heterocycles. The largest absolute Gasteiger partial charge is 0.340 e. The second-order valence-electron chi connectivity index (χ2n) is 12.7. The van der Waals surface area contributed by atoms with Crippen LogP contribution in [0.15, 0.2) is 57.0 Å². The SMILES string of the molecule is C[C@@H]1C(N=C(Nc2ccc3c(=O)n(CCc4ccc(F)cc4)c(=O)n(C)c3c2)N2CCNCC2)C[C@H]2C[C@@H]1C2(C)C. The van der Waals surface area contributed by atoms with Crippen LogP contribution in [0.3, 0.4) is 0 Å². The number of guanidine groups is 1. The van der Waals surface area contributed by atoms with E-state index in [2.05, 4.69) is 36.3 Å². The zero-order valence-electron chi connectivity index (χ0n) is 24.5. The molecule has 1 unspecified atom stereocenters. The molecule has 218 valence electrons. The number of aryl methyl sites for hydroxylation is 2. The number of hydrogen-bond donors (Lipinski definition) is 2. The monoisotopic (exact) mass is 560 g/mol. The van der Waals surface area contributed by atoms with Gasteiger partial charge < -0.3 is 15.5 Å². The van der Waals surface area contributed by atoms with Gasteiger partial charge in [0.1, 0.15) is 5.82 Å². The summed E-state index contributed by atoms with van der Waals surface area (Å²) in [4.78, 5) is 34.3. The van der Waals surface area contributed by atoms with Crippen molar-refractivity contribution in [3.05, 3.63) is 74.7 Å². The molecule has 2 N–H and O–H groups in total. The normalized spacial score (nSPS) is 25.7. The lowest BCUT2D eigenvalue weighted by Crippen LogP contribution is -2.57. The average molecular weight is 561 g/mol. The molecule has 0 radical (unpaired) electrons. The highest BCUT2D eigenvalue weighted by atomic mass is 19.1. The predicted molar refractivity (Wildman–Crippen MR) is 162 cm³/mol. The van der Waals surface area contributed by atoms with Gasteiger partial charge in [-0.3, -0.25) is 13.9 Å². The van der Waals surface area contributed by atoms with Crippen LogP contribution in [0.1, 0.15) is 39.2 Å². The molecule has 4 fully saturated rings. The van der Waals surface area contributed by atoms with Crippen LogP contribution in [0.25, 0.3) is 10.9 Å². The van der Waals surface area contributed by atoms with E-state index in [4.69, 9.17) is 4.99 Å². The van der Waals surface area contributed by atoms with Crippen LogP contribution in [0.5, 0.6) is 0 Å². The van der Waals surface area contributed by atoms with Gasteiger partial charge in [-0.25, -0.2) is 14.2 Å². The first kappa shape index (κ1) is 27.7. The van der Waals surface area contributed by atoms with Gasteiger partial charge in [-0.1, -0.05) is 32.9 Å². The number of aliphatic imine (C=N–C) groups is 1. The fourth-order valence-corrected chi connectivity index (χ4v) is 7.32. The molecule has 3 saturated carbocycles. The molecular formula is C32H41FN6O2. The van der Waals surface area contributed by atoms with Crippen molar-refractivity contribution >= 4 is 22.5 Å². The van der Waals surface area contributed by atoms with Gasteiger partial charge in [-0.05, 0) is 78.3 Å². The van der Waals surface area contributed by atoms with E-state index < -0.39 is 0 Å². The zero-order valence-corrected chi connectivity index (χ0v) is 24.5. The molecule has 7 rings (SSSR count). The molecule has 9 heteroatoms. The number of halogens is 1. The van der Waals surface area contributed by atoms with Crippen molar-refractivity contribution in [3.8, 4) is 0 Å². The lowest BCUT2D eigenvalue weighted by molar-refractivity contribution is -0.108. The average Bonchev–Trinajstić information content (AvgIpc) is 2.97. The number of aromatic nitrogens is 2. The van der Waals surface area contributed by atoms with Crippen LogP contribution in [0.2, 0.25) is 0 Å². The van der Waals surface area contributed by atoms with Crippen LogP contribution in [-0.2, 0) is 20.0 Å². The van der Waals surface area contributed by atoms with Crippen molar-refractivity contribution in [3.63, 3.8) is 0 Å². The quantitative estimate of drug-likeness (QED) is 0.366. The van der Waals surface area contributed by atoms with Crippen LogP contribution in [-0.4, -0.2) is 52.2 Å². The Balaban J connectivity index is 1.29. The van der Waals surface area contributed by atoms with Crippen LogP contribution >= 0.6 is 0 Å². The van der Waals surface area contributed by atoms with Gasteiger partial charge in [-0.15, -0.1) is 0 Å². The first-order valence-electron chi connectivity index (χ1n) is 14.9. The molecule has 1 aliphatic heterocycles. The van der Waals surface area contributed by atoms with Crippen molar-refractivity contribution in [1.82, 2.24) is 19.4 Å². The number of nitrogens with one attached hydrogen (secondary N) is 2. The molecule has 4 aliphatic rings. The summed E-state index contributed by atoms with van der Waals surface area (Å²) in [5, 5.41) is 7.50. The summed E-state index contributed by atoms with van der Waals surface area (Å²) in [7, 11) is 1.70. The Morgan fingerprint density at radius 1 is 1.10 bits per heavy atom. The first-order chi connectivity index (χ1) is 19.6. The molecule has 3 aromatic rings. The van der Waals surface area contributed by atoms with Crippen LogP contribution < -0.4 is 21.9 Å². The lowest BCUT2D eigenvalue weighted by atomic mass is 9.45.